The van der Waals surface area contributed by atoms with Crippen LogP contribution in [0.25, 0.3) is 0 Å². The SMILES string of the molecule is COc1ccc(NC2(C(N)=O)CC3CCC2C3)cc1. The summed E-state index contributed by atoms with van der Waals surface area (Å²) in [4.78, 5) is 12.0. The Hall–Kier alpha value is -1.71. The van der Waals surface area contributed by atoms with E-state index in [1.807, 2.05) is 24.3 Å². The van der Waals surface area contributed by atoms with Gasteiger partial charge in [-0.3, -0.25) is 4.79 Å². The van der Waals surface area contributed by atoms with Gasteiger partial charge in [-0.05, 0) is 61.8 Å². The lowest BCUT2D eigenvalue weighted by molar-refractivity contribution is -0.123. The normalized spacial score (nSPS) is 32.3. The fourth-order valence-corrected chi connectivity index (χ4v) is 3.78. The number of ether oxygens (including phenoxy) is 1. The van der Waals surface area contributed by atoms with E-state index in [9.17, 15) is 4.79 Å². The quantitative estimate of drug-likeness (QED) is 0.872. The van der Waals surface area contributed by atoms with Crippen molar-refractivity contribution in [3.8, 4) is 5.75 Å². The summed E-state index contributed by atoms with van der Waals surface area (Å²) in [5, 5.41) is 3.41. The minimum absolute atomic E-state index is 0.212. The highest BCUT2D eigenvalue weighted by atomic mass is 16.5. The molecule has 1 aromatic carbocycles. The third-order valence-corrected chi connectivity index (χ3v) is 4.75. The average molecular weight is 260 g/mol. The molecular formula is C15H20N2O2. The molecular weight excluding hydrogens is 240 g/mol. The molecule has 3 atom stereocenters. The highest BCUT2D eigenvalue weighted by molar-refractivity contribution is 5.89. The molecule has 0 spiro atoms. The first-order valence-corrected chi connectivity index (χ1v) is 6.86. The summed E-state index contributed by atoms with van der Waals surface area (Å²) >= 11 is 0. The molecule has 4 nitrogen and oxygen atoms in total. The molecule has 1 aromatic rings. The number of amides is 1. The van der Waals surface area contributed by atoms with Gasteiger partial charge in [0, 0.05) is 5.69 Å². The Morgan fingerprint density at radius 1 is 1.37 bits per heavy atom. The summed E-state index contributed by atoms with van der Waals surface area (Å²) in [5.74, 6) is 1.64. The maximum absolute atomic E-state index is 12.0. The van der Waals surface area contributed by atoms with Crippen LogP contribution < -0.4 is 15.8 Å². The molecule has 2 aliphatic carbocycles. The van der Waals surface area contributed by atoms with E-state index in [1.165, 1.54) is 6.42 Å². The number of benzene rings is 1. The number of nitrogens with one attached hydrogen (secondary N) is 1. The summed E-state index contributed by atoms with van der Waals surface area (Å²) in [5.41, 5.74) is 6.09. The molecule has 0 heterocycles. The zero-order valence-corrected chi connectivity index (χ0v) is 11.2. The molecule has 102 valence electrons. The van der Waals surface area contributed by atoms with Crippen molar-refractivity contribution in [2.24, 2.45) is 17.6 Å². The molecule has 19 heavy (non-hydrogen) atoms. The Balaban J connectivity index is 1.84. The zero-order valence-electron chi connectivity index (χ0n) is 11.2. The van der Waals surface area contributed by atoms with Crippen LogP contribution in [0.3, 0.4) is 0 Å². The first-order chi connectivity index (χ1) is 9.14. The number of anilines is 1. The van der Waals surface area contributed by atoms with Gasteiger partial charge in [-0.2, -0.15) is 0 Å². The Labute approximate surface area is 113 Å². The van der Waals surface area contributed by atoms with Crippen molar-refractivity contribution in [3.05, 3.63) is 24.3 Å². The van der Waals surface area contributed by atoms with Crippen LogP contribution in [0, 0.1) is 11.8 Å². The summed E-state index contributed by atoms with van der Waals surface area (Å²) < 4.78 is 5.14. The maximum atomic E-state index is 12.0. The molecule has 1 amide bonds. The molecule has 2 saturated carbocycles. The lowest BCUT2D eigenvalue weighted by atomic mass is 9.80. The number of hydrogen-bond acceptors (Lipinski definition) is 3. The number of methoxy groups -OCH3 is 1. The van der Waals surface area contributed by atoms with Gasteiger partial charge in [0.25, 0.3) is 0 Å². The predicted molar refractivity (Wildman–Crippen MR) is 74.0 cm³/mol. The molecule has 3 unspecified atom stereocenters. The Kier molecular flexibility index (Phi) is 2.88. The lowest BCUT2D eigenvalue weighted by Crippen LogP contribution is -2.54. The zero-order chi connectivity index (χ0) is 13.5. The number of hydrogen-bond donors (Lipinski definition) is 2. The number of fused-ring (bicyclic) bond motifs is 2. The van der Waals surface area contributed by atoms with Gasteiger partial charge in [0.15, 0.2) is 0 Å². The van der Waals surface area contributed by atoms with Gasteiger partial charge in [0.2, 0.25) is 5.91 Å². The molecule has 0 aliphatic heterocycles. The molecule has 4 heteroatoms. The van der Waals surface area contributed by atoms with E-state index in [0.717, 1.165) is 30.7 Å². The minimum atomic E-state index is -0.544. The van der Waals surface area contributed by atoms with Crippen molar-refractivity contribution >= 4 is 11.6 Å². The van der Waals surface area contributed by atoms with E-state index in [0.29, 0.717) is 11.8 Å². The van der Waals surface area contributed by atoms with Crippen molar-refractivity contribution in [2.75, 3.05) is 12.4 Å². The van der Waals surface area contributed by atoms with E-state index in [1.54, 1.807) is 7.11 Å². The van der Waals surface area contributed by atoms with Gasteiger partial charge in [0.1, 0.15) is 11.3 Å². The average Bonchev–Trinajstić information content (AvgIpc) is 3.00. The third kappa shape index (κ3) is 1.95. The first kappa shape index (κ1) is 12.3. The van der Waals surface area contributed by atoms with E-state index < -0.39 is 5.54 Å². The van der Waals surface area contributed by atoms with Crippen molar-refractivity contribution in [3.63, 3.8) is 0 Å². The minimum Gasteiger partial charge on any atom is -0.497 e. The van der Waals surface area contributed by atoms with Crippen LogP contribution >= 0.6 is 0 Å². The highest BCUT2D eigenvalue weighted by Crippen LogP contribution is 2.52. The van der Waals surface area contributed by atoms with Crippen molar-refractivity contribution in [2.45, 2.75) is 31.2 Å². The standard InChI is InChI=1S/C15H20N2O2/c1-19-13-6-4-12(5-7-13)17-15(14(16)18)9-10-2-3-11(15)8-10/h4-7,10-11,17H,2-3,8-9H2,1H3,(H2,16,18). The summed E-state index contributed by atoms with van der Waals surface area (Å²) in [7, 11) is 1.64. The van der Waals surface area contributed by atoms with Gasteiger partial charge >= 0.3 is 0 Å². The van der Waals surface area contributed by atoms with Crippen LogP contribution in [0.1, 0.15) is 25.7 Å². The second-order valence-corrected chi connectivity index (χ2v) is 5.77. The van der Waals surface area contributed by atoms with Crippen LogP contribution in [-0.2, 0) is 4.79 Å². The lowest BCUT2D eigenvalue weighted by Gasteiger charge is -2.36. The largest absolute Gasteiger partial charge is 0.497 e. The molecule has 2 aliphatic rings. The van der Waals surface area contributed by atoms with Crippen molar-refractivity contribution < 1.29 is 9.53 Å². The van der Waals surface area contributed by atoms with Gasteiger partial charge in [-0.1, -0.05) is 0 Å². The second-order valence-electron chi connectivity index (χ2n) is 5.77. The Morgan fingerprint density at radius 3 is 2.58 bits per heavy atom. The third-order valence-electron chi connectivity index (χ3n) is 4.75. The van der Waals surface area contributed by atoms with Crippen LogP contribution in [0.5, 0.6) is 5.75 Å². The number of carbonyl (C=O) groups is 1. The number of nitrogens with two attached hydrogens (primary N) is 1. The molecule has 3 rings (SSSR count). The van der Waals surface area contributed by atoms with Crippen LogP contribution in [0.15, 0.2) is 24.3 Å². The molecule has 3 N–H and O–H groups in total. The maximum Gasteiger partial charge on any atom is 0.243 e. The van der Waals surface area contributed by atoms with Crippen LogP contribution in [0.2, 0.25) is 0 Å². The van der Waals surface area contributed by atoms with Crippen LogP contribution in [0.4, 0.5) is 5.69 Å². The topological polar surface area (TPSA) is 64.3 Å². The number of primary amides is 1. The van der Waals surface area contributed by atoms with Gasteiger partial charge < -0.3 is 15.8 Å². The summed E-state index contributed by atoms with van der Waals surface area (Å²) in [6, 6.07) is 7.67. The highest BCUT2D eigenvalue weighted by Gasteiger charge is 2.54. The Morgan fingerprint density at radius 2 is 2.11 bits per heavy atom. The summed E-state index contributed by atoms with van der Waals surface area (Å²) in [6.07, 6.45) is 4.35. The summed E-state index contributed by atoms with van der Waals surface area (Å²) in [6.45, 7) is 0. The molecule has 0 aromatic heterocycles. The number of carbonyl (C=O) groups excluding carboxylic acids is 1. The smallest absolute Gasteiger partial charge is 0.243 e. The van der Waals surface area contributed by atoms with Crippen molar-refractivity contribution in [1.29, 1.82) is 0 Å². The van der Waals surface area contributed by atoms with Crippen molar-refractivity contribution in [1.82, 2.24) is 0 Å². The molecule has 0 radical (unpaired) electrons. The fraction of sp³-hybridized carbons (Fsp3) is 0.533. The first-order valence-electron chi connectivity index (χ1n) is 6.86. The Bertz CT molecular complexity index is 485. The second kappa shape index (κ2) is 4.44. The van der Waals surface area contributed by atoms with Crippen LogP contribution in [-0.4, -0.2) is 18.6 Å². The van der Waals surface area contributed by atoms with Gasteiger partial charge in [-0.25, -0.2) is 0 Å². The molecule has 2 fully saturated rings. The van der Waals surface area contributed by atoms with Gasteiger partial charge in [-0.15, -0.1) is 0 Å². The van der Waals surface area contributed by atoms with E-state index in [4.69, 9.17) is 10.5 Å². The monoisotopic (exact) mass is 260 g/mol. The molecule has 2 bridgehead atoms. The van der Waals surface area contributed by atoms with E-state index in [2.05, 4.69) is 5.32 Å². The number of rotatable bonds is 4. The van der Waals surface area contributed by atoms with E-state index >= 15 is 0 Å². The van der Waals surface area contributed by atoms with E-state index in [-0.39, 0.29) is 5.91 Å². The predicted octanol–water partition coefficient (Wildman–Crippen LogP) is 2.15. The molecule has 0 saturated heterocycles. The fourth-order valence-electron chi connectivity index (χ4n) is 3.78. The van der Waals surface area contributed by atoms with Gasteiger partial charge in [0.05, 0.1) is 7.11 Å².